The molecule has 0 fully saturated rings. The summed E-state index contributed by atoms with van der Waals surface area (Å²) in [6.45, 7) is 2.69. The Bertz CT molecular complexity index is 882. The van der Waals surface area contributed by atoms with Crippen LogP contribution < -0.4 is 10.6 Å². The van der Waals surface area contributed by atoms with E-state index in [1.54, 1.807) is 30.5 Å². The van der Waals surface area contributed by atoms with Crippen molar-refractivity contribution in [3.05, 3.63) is 60.3 Å². The molecule has 0 unspecified atom stereocenters. The normalized spacial score (nSPS) is 10.2. The molecule has 0 aliphatic carbocycles. The fraction of sp³-hybridized carbons (Fsp3) is 0.158. The number of methoxy groups -OCH3 is 1. The number of carbonyl (C=O) groups excluding carboxylic acids is 1. The lowest BCUT2D eigenvalue weighted by atomic mass is 10.2. The summed E-state index contributed by atoms with van der Waals surface area (Å²) in [6.07, 6.45) is 1.73. The van der Waals surface area contributed by atoms with Gasteiger partial charge in [-0.15, -0.1) is 0 Å². The number of anilines is 3. The highest BCUT2D eigenvalue weighted by Gasteiger charge is 2.09. The molecule has 0 bridgehead atoms. The van der Waals surface area contributed by atoms with Crippen molar-refractivity contribution < 1.29 is 9.53 Å². The Balaban J connectivity index is 1.89. The number of nitrogens with zero attached hydrogens (tertiary/aromatic N) is 3. The zero-order valence-electron chi connectivity index (χ0n) is 14.6. The van der Waals surface area contributed by atoms with Gasteiger partial charge in [-0.05, 0) is 43.3 Å². The average Bonchev–Trinajstić information content (AvgIpc) is 2.69. The van der Waals surface area contributed by atoms with Crippen LogP contribution in [0, 0.1) is 0 Å². The summed E-state index contributed by atoms with van der Waals surface area (Å²) in [5, 5.41) is 6.35. The van der Waals surface area contributed by atoms with Crippen molar-refractivity contribution in [2.75, 3.05) is 24.3 Å². The first-order valence-electron chi connectivity index (χ1n) is 8.19. The molecule has 1 aromatic carbocycles. The van der Waals surface area contributed by atoms with Gasteiger partial charge in [0.05, 0.1) is 24.1 Å². The van der Waals surface area contributed by atoms with Crippen LogP contribution in [0.2, 0.25) is 0 Å². The van der Waals surface area contributed by atoms with Crippen LogP contribution in [0.4, 0.5) is 17.5 Å². The van der Waals surface area contributed by atoms with Gasteiger partial charge in [0, 0.05) is 24.5 Å². The molecular weight excluding hydrogens is 330 g/mol. The molecule has 3 rings (SSSR count). The van der Waals surface area contributed by atoms with Crippen LogP contribution in [0.15, 0.2) is 54.7 Å². The SMILES string of the molecule is CCNc1nc(Nc2ccc(C(=O)OC)cc2)cc(-c2ccccn2)n1. The Labute approximate surface area is 151 Å². The second kappa shape index (κ2) is 8.06. The number of aromatic nitrogens is 3. The summed E-state index contributed by atoms with van der Waals surface area (Å²) in [4.78, 5) is 24.8. The Morgan fingerprint density at radius 2 is 1.88 bits per heavy atom. The van der Waals surface area contributed by atoms with Crippen molar-refractivity contribution in [2.45, 2.75) is 6.92 Å². The third-order valence-electron chi connectivity index (χ3n) is 3.57. The quantitative estimate of drug-likeness (QED) is 0.658. The summed E-state index contributed by atoms with van der Waals surface area (Å²) in [5.41, 5.74) is 2.76. The topological polar surface area (TPSA) is 89.0 Å². The molecule has 0 aliphatic heterocycles. The predicted octanol–water partition coefficient (Wildman–Crippen LogP) is 3.50. The van der Waals surface area contributed by atoms with Crippen LogP contribution in [-0.2, 0) is 4.74 Å². The number of hydrogen-bond acceptors (Lipinski definition) is 7. The minimum atomic E-state index is -0.370. The van der Waals surface area contributed by atoms with Crippen LogP contribution in [0.3, 0.4) is 0 Å². The Kier molecular flexibility index (Phi) is 5.38. The third kappa shape index (κ3) is 4.13. The Morgan fingerprint density at radius 1 is 1.08 bits per heavy atom. The maximum atomic E-state index is 11.5. The lowest BCUT2D eigenvalue weighted by molar-refractivity contribution is 0.0601. The fourth-order valence-electron chi connectivity index (χ4n) is 2.35. The lowest BCUT2D eigenvalue weighted by Crippen LogP contribution is -2.06. The molecule has 0 atom stereocenters. The molecule has 0 radical (unpaired) electrons. The van der Waals surface area contributed by atoms with Gasteiger partial charge < -0.3 is 15.4 Å². The van der Waals surface area contributed by atoms with E-state index >= 15 is 0 Å². The molecule has 0 aliphatic rings. The molecule has 0 amide bonds. The highest BCUT2D eigenvalue weighted by Crippen LogP contribution is 2.22. The van der Waals surface area contributed by atoms with Gasteiger partial charge in [-0.2, -0.15) is 4.98 Å². The molecule has 7 nitrogen and oxygen atoms in total. The zero-order valence-corrected chi connectivity index (χ0v) is 14.6. The van der Waals surface area contributed by atoms with Crippen LogP contribution in [0.5, 0.6) is 0 Å². The van der Waals surface area contributed by atoms with Gasteiger partial charge in [-0.1, -0.05) is 6.07 Å². The van der Waals surface area contributed by atoms with Crippen molar-refractivity contribution in [3.63, 3.8) is 0 Å². The monoisotopic (exact) mass is 349 g/mol. The van der Waals surface area contributed by atoms with E-state index in [1.807, 2.05) is 31.2 Å². The van der Waals surface area contributed by atoms with E-state index in [-0.39, 0.29) is 5.97 Å². The second-order valence-corrected chi connectivity index (χ2v) is 5.40. The summed E-state index contributed by atoms with van der Waals surface area (Å²) < 4.78 is 4.71. The van der Waals surface area contributed by atoms with Gasteiger partial charge in [-0.3, -0.25) is 4.98 Å². The summed E-state index contributed by atoms with van der Waals surface area (Å²) >= 11 is 0. The van der Waals surface area contributed by atoms with E-state index in [1.165, 1.54) is 7.11 Å². The van der Waals surface area contributed by atoms with Crippen molar-refractivity contribution in [1.29, 1.82) is 0 Å². The maximum absolute atomic E-state index is 11.5. The molecule has 2 N–H and O–H groups in total. The van der Waals surface area contributed by atoms with Gasteiger partial charge in [-0.25, -0.2) is 9.78 Å². The highest BCUT2D eigenvalue weighted by atomic mass is 16.5. The summed E-state index contributed by atoms with van der Waals surface area (Å²) in [6, 6.07) is 14.5. The molecule has 3 aromatic rings. The van der Waals surface area contributed by atoms with Crippen LogP contribution >= 0.6 is 0 Å². The largest absolute Gasteiger partial charge is 0.465 e. The van der Waals surface area contributed by atoms with Crippen molar-refractivity contribution in [1.82, 2.24) is 15.0 Å². The van der Waals surface area contributed by atoms with Gasteiger partial charge in [0.15, 0.2) is 0 Å². The van der Waals surface area contributed by atoms with Gasteiger partial charge >= 0.3 is 5.97 Å². The number of hydrogen-bond donors (Lipinski definition) is 2. The van der Waals surface area contributed by atoms with E-state index in [0.717, 1.165) is 11.4 Å². The van der Waals surface area contributed by atoms with E-state index in [4.69, 9.17) is 4.74 Å². The standard InChI is InChI=1S/C19H19N5O2/c1-3-20-19-23-16(15-6-4-5-11-21-15)12-17(24-19)22-14-9-7-13(8-10-14)18(25)26-2/h4-12H,3H2,1-2H3,(H2,20,22,23,24). The van der Waals surface area contributed by atoms with E-state index < -0.39 is 0 Å². The molecule has 2 aromatic heterocycles. The first kappa shape index (κ1) is 17.3. The average molecular weight is 349 g/mol. The summed E-state index contributed by atoms with van der Waals surface area (Å²) in [7, 11) is 1.36. The first-order chi connectivity index (χ1) is 12.7. The number of esters is 1. The van der Waals surface area contributed by atoms with Crippen molar-refractivity contribution in [2.24, 2.45) is 0 Å². The van der Waals surface area contributed by atoms with E-state index in [9.17, 15) is 4.79 Å². The molecule has 2 heterocycles. The molecule has 7 heteroatoms. The molecule has 26 heavy (non-hydrogen) atoms. The van der Waals surface area contributed by atoms with Crippen LogP contribution in [0.1, 0.15) is 17.3 Å². The molecular formula is C19H19N5O2. The van der Waals surface area contributed by atoms with Crippen LogP contribution in [-0.4, -0.2) is 34.6 Å². The summed E-state index contributed by atoms with van der Waals surface area (Å²) in [5.74, 6) is 0.775. The molecule has 0 spiro atoms. The molecule has 132 valence electrons. The van der Waals surface area contributed by atoms with E-state index in [2.05, 4.69) is 25.6 Å². The molecule has 0 saturated heterocycles. The van der Waals surface area contributed by atoms with Crippen LogP contribution in [0.25, 0.3) is 11.4 Å². The predicted molar refractivity (Wildman–Crippen MR) is 100 cm³/mol. The fourth-order valence-corrected chi connectivity index (χ4v) is 2.35. The number of carbonyl (C=O) groups is 1. The van der Waals surface area contributed by atoms with E-state index in [0.29, 0.717) is 29.6 Å². The Morgan fingerprint density at radius 3 is 2.54 bits per heavy atom. The Hall–Kier alpha value is -3.48. The minimum absolute atomic E-state index is 0.370. The third-order valence-corrected chi connectivity index (χ3v) is 3.57. The van der Waals surface area contributed by atoms with Gasteiger partial charge in [0.2, 0.25) is 5.95 Å². The number of nitrogens with one attached hydrogen (secondary N) is 2. The maximum Gasteiger partial charge on any atom is 0.337 e. The van der Waals surface area contributed by atoms with Gasteiger partial charge in [0.25, 0.3) is 0 Å². The number of rotatable bonds is 6. The lowest BCUT2D eigenvalue weighted by Gasteiger charge is -2.11. The smallest absolute Gasteiger partial charge is 0.337 e. The van der Waals surface area contributed by atoms with Crippen molar-refractivity contribution in [3.8, 4) is 11.4 Å². The zero-order chi connectivity index (χ0) is 18.4. The van der Waals surface area contributed by atoms with Gasteiger partial charge in [0.1, 0.15) is 5.82 Å². The minimum Gasteiger partial charge on any atom is -0.465 e. The van der Waals surface area contributed by atoms with Crippen molar-refractivity contribution >= 4 is 23.4 Å². The molecule has 0 saturated carbocycles. The first-order valence-corrected chi connectivity index (χ1v) is 8.19. The number of ether oxygens (including phenoxy) is 1. The highest BCUT2D eigenvalue weighted by molar-refractivity contribution is 5.89. The number of benzene rings is 1. The second-order valence-electron chi connectivity index (χ2n) is 5.40. The number of pyridine rings is 1.